The van der Waals surface area contributed by atoms with Crippen LogP contribution in [0.1, 0.15) is 19.4 Å². The summed E-state index contributed by atoms with van der Waals surface area (Å²) in [7, 11) is 0. The lowest BCUT2D eigenvalue weighted by molar-refractivity contribution is 0.635. The molecule has 3 nitrogen and oxygen atoms in total. The van der Waals surface area contributed by atoms with Crippen molar-refractivity contribution in [2.75, 3.05) is 0 Å². The summed E-state index contributed by atoms with van der Waals surface area (Å²) in [6.07, 6.45) is 3.87. The minimum absolute atomic E-state index is 0.210. The molecule has 0 aliphatic carbocycles. The topological polar surface area (TPSA) is 48.8 Å². The van der Waals surface area contributed by atoms with Gasteiger partial charge in [-0.2, -0.15) is 0 Å². The summed E-state index contributed by atoms with van der Waals surface area (Å²) in [4.78, 5) is 2.86. The van der Waals surface area contributed by atoms with Crippen molar-refractivity contribution in [2.24, 2.45) is 5.11 Å². The Labute approximate surface area is 104 Å². The molecule has 0 bridgehead atoms. The zero-order valence-corrected chi connectivity index (χ0v) is 10.9. The van der Waals surface area contributed by atoms with Crippen LogP contribution in [0.5, 0.6) is 0 Å². The first-order valence-electron chi connectivity index (χ1n) is 5.00. The van der Waals surface area contributed by atoms with Crippen LogP contribution in [0.4, 0.5) is 0 Å². The fourth-order valence-corrected chi connectivity index (χ4v) is 1.47. The van der Waals surface area contributed by atoms with Crippen molar-refractivity contribution in [1.29, 1.82) is 0 Å². The largest absolute Gasteiger partial charge is 0.0852 e. The molecule has 1 aromatic rings. The van der Waals surface area contributed by atoms with Crippen molar-refractivity contribution in [3.05, 3.63) is 52.4 Å². The second-order valence-electron chi connectivity index (χ2n) is 3.98. The summed E-state index contributed by atoms with van der Waals surface area (Å²) < 4.78 is -0.246. The Bertz CT molecular complexity index is 400. The van der Waals surface area contributed by atoms with E-state index in [1.165, 1.54) is 0 Å². The van der Waals surface area contributed by atoms with Gasteiger partial charge in [0, 0.05) is 9.24 Å². The van der Waals surface area contributed by atoms with Gasteiger partial charge in [-0.3, -0.25) is 0 Å². The fraction of sp³-hybridized carbons (Fsp3) is 0.333. The molecule has 0 saturated carbocycles. The zero-order chi connectivity index (χ0) is 12.0. The highest BCUT2D eigenvalue weighted by Crippen LogP contribution is 2.25. The van der Waals surface area contributed by atoms with E-state index in [-0.39, 0.29) is 10.4 Å². The van der Waals surface area contributed by atoms with E-state index in [0.717, 1.165) is 5.56 Å². The van der Waals surface area contributed by atoms with Gasteiger partial charge in [-0.25, -0.2) is 0 Å². The van der Waals surface area contributed by atoms with Crippen LogP contribution in [0, 0.1) is 0 Å². The molecule has 1 atom stereocenters. The number of benzene rings is 1. The molecule has 1 unspecified atom stereocenters. The molecular formula is C12H14BrN3. The summed E-state index contributed by atoms with van der Waals surface area (Å²) in [6.45, 7) is 3.95. The molecule has 84 valence electrons. The Kier molecular flexibility index (Phi) is 4.59. The van der Waals surface area contributed by atoms with Gasteiger partial charge < -0.3 is 0 Å². The molecule has 1 aromatic carbocycles. The van der Waals surface area contributed by atoms with Crippen LogP contribution in [-0.2, 0) is 0 Å². The average Bonchev–Trinajstić information content (AvgIpc) is 2.24. The first kappa shape index (κ1) is 12.8. The summed E-state index contributed by atoms with van der Waals surface area (Å²) in [5.74, 6) is 0. The Morgan fingerprint density at radius 3 is 2.50 bits per heavy atom. The van der Waals surface area contributed by atoms with Gasteiger partial charge in [0.1, 0.15) is 0 Å². The van der Waals surface area contributed by atoms with Crippen LogP contribution in [0.15, 0.2) is 41.5 Å². The van der Waals surface area contributed by atoms with Crippen LogP contribution in [-0.4, -0.2) is 10.4 Å². The molecule has 4 heteroatoms. The van der Waals surface area contributed by atoms with Gasteiger partial charge in [0.15, 0.2) is 0 Å². The maximum absolute atomic E-state index is 8.50. The van der Waals surface area contributed by atoms with Gasteiger partial charge in [0.25, 0.3) is 0 Å². The number of rotatable bonds is 4. The Hall–Kier alpha value is -1.25. The van der Waals surface area contributed by atoms with E-state index in [2.05, 4.69) is 26.0 Å². The quantitative estimate of drug-likeness (QED) is 0.336. The van der Waals surface area contributed by atoms with Gasteiger partial charge in [0.05, 0.1) is 6.04 Å². The number of hydrogen-bond donors (Lipinski definition) is 0. The lowest BCUT2D eigenvalue weighted by Crippen LogP contribution is -2.25. The number of azide groups is 1. The molecule has 0 saturated heterocycles. The number of hydrogen-bond acceptors (Lipinski definition) is 1. The molecular weight excluding hydrogens is 266 g/mol. The van der Waals surface area contributed by atoms with E-state index >= 15 is 0 Å². The van der Waals surface area contributed by atoms with Crippen LogP contribution < -0.4 is 0 Å². The Morgan fingerprint density at radius 1 is 1.38 bits per heavy atom. The van der Waals surface area contributed by atoms with Crippen molar-refractivity contribution < 1.29 is 0 Å². The van der Waals surface area contributed by atoms with Crippen LogP contribution >= 0.6 is 15.9 Å². The Morgan fingerprint density at radius 2 is 2.00 bits per heavy atom. The van der Waals surface area contributed by atoms with Crippen molar-refractivity contribution >= 4 is 22.0 Å². The molecule has 0 radical (unpaired) electrons. The smallest absolute Gasteiger partial charge is 0.0706 e. The summed E-state index contributed by atoms with van der Waals surface area (Å²) >= 11 is 3.50. The zero-order valence-electron chi connectivity index (χ0n) is 9.34. The molecule has 0 heterocycles. The van der Waals surface area contributed by atoms with Crippen LogP contribution in [0.25, 0.3) is 16.5 Å². The predicted molar refractivity (Wildman–Crippen MR) is 71.4 cm³/mol. The lowest BCUT2D eigenvalue weighted by atomic mass is 10.0. The van der Waals surface area contributed by atoms with E-state index in [1.54, 1.807) is 0 Å². The van der Waals surface area contributed by atoms with Gasteiger partial charge in [0.2, 0.25) is 0 Å². The predicted octanol–water partition coefficient (Wildman–Crippen LogP) is 4.55. The average molecular weight is 280 g/mol. The lowest BCUT2D eigenvalue weighted by Gasteiger charge is -2.21. The first-order chi connectivity index (χ1) is 7.54. The Balaban J connectivity index is 2.85. The van der Waals surface area contributed by atoms with E-state index in [9.17, 15) is 0 Å². The molecule has 0 fully saturated rings. The van der Waals surface area contributed by atoms with E-state index in [4.69, 9.17) is 5.53 Å². The fourth-order valence-electron chi connectivity index (χ4n) is 1.23. The van der Waals surface area contributed by atoms with Crippen LogP contribution in [0.2, 0.25) is 0 Å². The minimum atomic E-state index is -0.246. The SMILES string of the molecule is CC(C)(Br)C(/C=C/c1ccccc1)N=[N+]=[N-]. The third-order valence-corrected chi connectivity index (χ3v) is 2.62. The van der Waals surface area contributed by atoms with Gasteiger partial charge in [-0.15, -0.1) is 0 Å². The first-order valence-corrected chi connectivity index (χ1v) is 5.79. The van der Waals surface area contributed by atoms with Gasteiger partial charge >= 0.3 is 0 Å². The van der Waals surface area contributed by atoms with Crippen molar-refractivity contribution in [3.63, 3.8) is 0 Å². The normalized spacial score (nSPS) is 13.4. The molecule has 0 N–H and O–H groups in total. The molecule has 0 spiro atoms. The second kappa shape index (κ2) is 5.73. The van der Waals surface area contributed by atoms with Crippen LogP contribution in [0.3, 0.4) is 0 Å². The molecule has 0 aliphatic rings. The van der Waals surface area contributed by atoms with Gasteiger partial charge in [-0.05, 0) is 24.9 Å². The van der Waals surface area contributed by atoms with Crippen molar-refractivity contribution in [3.8, 4) is 0 Å². The maximum Gasteiger partial charge on any atom is 0.0706 e. The monoisotopic (exact) mass is 279 g/mol. The molecule has 0 aromatic heterocycles. The summed E-state index contributed by atoms with van der Waals surface area (Å²) in [5, 5.41) is 3.76. The highest BCUT2D eigenvalue weighted by molar-refractivity contribution is 9.10. The maximum atomic E-state index is 8.50. The molecule has 0 aliphatic heterocycles. The number of halogens is 1. The summed E-state index contributed by atoms with van der Waals surface area (Å²) in [5.41, 5.74) is 9.60. The minimum Gasteiger partial charge on any atom is -0.0852 e. The van der Waals surface area contributed by atoms with E-state index < -0.39 is 0 Å². The van der Waals surface area contributed by atoms with Crippen molar-refractivity contribution in [2.45, 2.75) is 24.2 Å². The molecule has 16 heavy (non-hydrogen) atoms. The molecule has 1 rings (SSSR count). The standard InChI is InChI=1S/C12H14BrN3/c1-12(2,13)11(15-16-14)9-8-10-6-4-3-5-7-10/h3-9,11H,1-2H3/b9-8+. The van der Waals surface area contributed by atoms with Crippen molar-refractivity contribution in [1.82, 2.24) is 0 Å². The number of alkyl halides is 1. The second-order valence-corrected chi connectivity index (χ2v) is 6.03. The third kappa shape index (κ3) is 4.09. The highest BCUT2D eigenvalue weighted by Gasteiger charge is 2.22. The van der Waals surface area contributed by atoms with Gasteiger partial charge in [-0.1, -0.05) is 63.5 Å². The van der Waals surface area contributed by atoms with E-state index in [1.807, 2.05) is 56.3 Å². The third-order valence-electron chi connectivity index (χ3n) is 2.15. The molecule has 0 amide bonds. The number of nitrogens with zero attached hydrogens (tertiary/aromatic N) is 3. The summed E-state index contributed by atoms with van der Waals surface area (Å²) in [6, 6.07) is 9.72. The highest BCUT2D eigenvalue weighted by atomic mass is 79.9. The van der Waals surface area contributed by atoms with E-state index in [0.29, 0.717) is 0 Å².